The van der Waals surface area contributed by atoms with Gasteiger partial charge in [0.15, 0.2) is 0 Å². The van der Waals surface area contributed by atoms with E-state index in [4.69, 9.17) is 4.42 Å². The number of benzene rings is 9. The number of aromatic nitrogens is 1. The monoisotopic (exact) mass is 697 g/mol. The molecule has 0 fully saturated rings. The Labute approximate surface area is 317 Å². The molecule has 2 heterocycles. The van der Waals surface area contributed by atoms with E-state index in [1.54, 1.807) is 0 Å². The van der Waals surface area contributed by atoms with Crippen molar-refractivity contribution in [1.29, 1.82) is 0 Å². The molecule has 2 aliphatic rings. The van der Waals surface area contributed by atoms with Gasteiger partial charge in [0.25, 0.3) is 0 Å². The van der Waals surface area contributed by atoms with Gasteiger partial charge in [0.1, 0.15) is 11.2 Å². The summed E-state index contributed by atoms with van der Waals surface area (Å²) in [6.45, 7) is 0. The van der Waals surface area contributed by atoms with Crippen molar-refractivity contribution < 1.29 is 4.42 Å². The van der Waals surface area contributed by atoms with E-state index in [1.165, 1.54) is 82.5 Å². The molecule has 1 spiro atoms. The molecule has 0 aliphatic heterocycles. The van der Waals surface area contributed by atoms with Crippen LogP contribution in [-0.2, 0) is 5.41 Å². The first kappa shape index (κ1) is 29.3. The van der Waals surface area contributed by atoms with Gasteiger partial charge in [-0.25, -0.2) is 0 Å². The molecule has 0 saturated carbocycles. The summed E-state index contributed by atoms with van der Waals surface area (Å²) in [5.74, 6) is 0. The van der Waals surface area contributed by atoms with Gasteiger partial charge >= 0.3 is 0 Å². The van der Waals surface area contributed by atoms with Crippen LogP contribution in [0.2, 0.25) is 0 Å². The number of hydrogen-bond acceptors (Lipinski definition) is 1. The van der Waals surface area contributed by atoms with Gasteiger partial charge in [-0.05, 0) is 103 Å². The summed E-state index contributed by atoms with van der Waals surface area (Å²) in [4.78, 5) is 0. The molecular formula is C53H31NO. The second-order valence-corrected chi connectivity index (χ2v) is 15.1. The van der Waals surface area contributed by atoms with Crippen molar-refractivity contribution in [3.63, 3.8) is 0 Å². The summed E-state index contributed by atoms with van der Waals surface area (Å²) >= 11 is 0. The molecule has 9 aromatic carbocycles. The van der Waals surface area contributed by atoms with Crippen LogP contribution in [0.5, 0.6) is 0 Å². The van der Waals surface area contributed by atoms with Crippen LogP contribution < -0.4 is 0 Å². The van der Waals surface area contributed by atoms with E-state index in [-0.39, 0.29) is 0 Å². The third kappa shape index (κ3) is 3.60. The molecule has 13 rings (SSSR count). The third-order valence-electron chi connectivity index (χ3n) is 12.6. The highest BCUT2D eigenvalue weighted by atomic mass is 16.3. The quantitative estimate of drug-likeness (QED) is 0.176. The number of para-hydroxylation sites is 3. The Morgan fingerprint density at radius 3 is 1.87 bits per heavy atom. The second-order valence-electron chi connectivity index (χ2n) is 15.1. The maximum Gasteiger partial charge on any atom is 0.143 e. The lowest BCUT2D eigenvalue weighted by Gasteiger charge is -2.31. The van der Waals surface area contributed by atoms with E-state index in [1.807, 2.05) is 0 Å². The van der Waals surface area contributed by atoms with Gasteiger partial charge in [0.05, 0.1) is 16.4 Å². The number of furan rings is 1. The van der Waals surface area contributed by atoms with E-state index in [2.05, 4.69) is 193 Å². The minimum atomic E-state index is -0.542. The van der Waals surface area contributed by atoms with Crippen LogP contribution in [0.25, 0.3) is 93.6 Å². The highest BCUT2D eigenvalue weighted by Crippen LogP contribution is 2.66. The van der Waals surface area contributed by atoms with E-state index in [9.17, 15) is 0 Å². The van der Waals surface area contributed by atoms with Crippen LogP contribution >= 0.6 is 0 Å². The maximum atomic E-state index is 7.05. The average Bonchev–Trinajstić information content (AvgIpc) is 3.97. The van der Waals surface area contributed by atoms with Crippen LogP contribution in [0.4, 0.5) is 0 Å². The summed E-state index contributed by atoms with van der Waals surface area (Å²) < 4.78 is 9.49. The lowest BCUT2D eigenvalue weighted by atomic mass is 9.70. The van der Waals surface area contributed by atoms with Crippen molar-refractivity contribution in [2.24, 2.45) is 0 Å². The standard InChI is InChI=1S/C53H31NO/c1-2-16-35(17-3-1)54-45-24-12-8-20-38(45)48-46(54)29-28-43-50(48)51-44(53(43)41-22-10-6-18-36(41)37-19-7-11-23-42(37)53)31-40(34-27-26-32-14-4-5-15-33(32)30-34)52-49(51)39-21-9-13-25-47(39)55-52/h1-31H. The first-order valence-electron chi connectivity index (χ1n) is 19.1. The zero-order valence-electron chi connectivity index (χ0n) is 29.8. The van der Waals surface area contributed by atoms with Crippen molar-refractivity contribution in [3.8, 4) is 39.1 Å². The predicted octanol–water partition coefficient (Wildman–Crippen LogP) is 13.8. The minimum Gasteiger partial charge on any atom is -0.455 e. The van der Waals surface area contributed by atoms with Crippen LogP contribution in [-0.4, -0.2) is 4.57 Å². The minimum absolute atomic E-state index is 0.542. The topological polar surface area (TPSA) is 18.1 Å². The summed E-state index contributed by atoms with van der Waals surface area (Å²) in [5.41, 5.74) is 17.6. The zero-order chi connectivity index (χ0) is 35.8. The fraction of sp³-hybridized carbons (Fsp3) is 0.0189. The van der Waals surface area contributed by atoms with Gasteiger partial charge in [0, 0.05) is 32.8 Å². The van der Waals surface area contributed by atoms with E-state index < -0.39 is 5.41 Å². The fourth-order valence-electron chi connectivity index (χ4n) is 10.5. The lowest BCUT2D eigenvalue weighted by Crippen LogP contribution is -2.26. The molecule has 55 heavy (non-hydrogen) atoms. The maximum absolute atomic E-state index is 7.05. The number of hydrogen-bond donors (Lipinski definition) is 0. The SMILES string of the molecule is c1ccc(-n2c3ccccc3c3c4c(ccc32)C2(c3ccccc3-c3ccccc32)c2cc(-c3ccc5ccccc5c3)c3oc5ccccc5c3c2-4)cc1. The Bertz CT molecular complexity index is 3390. The molecule has 0 saturated heterocycles. The molecule has 11 aromatic rings. The highest BCUT2D eigenvalue weighted by molar-refractivity contribution is 6.26. The molecule has 254 valence electrons. The van der Waals surface area contributed by atoms with Crippen LogP contribution in [0.1, 0.15) is 22.3 Å². The molecule has 2 nitrogen and oxygen atoms in total. The lowest BCUT2D eigenvalue weighted by molar-refractivity contribution is 0.669. The largest absolute Gasteiger partial charge is 0.455 e. The summed E-state index contributed by atoms with van der Waals surface area (Å²) in [5, 5.41) is 7.30. The van der Waals surface area contributed by atoms with Gasteiger partial charge in [0.2, 0.25) is 0 Å². The molecule has 0 bridgehead atoms. The molecule has 0 N–H and O–H groups in total. The second kappa shape index (κ2) is 10.5. The number of nitrogens with zero attached hydrogens (tertiary/aromatic N) is 1. The van der Waals surface area contributed by atoms with Gasteiger partial charge in [-0.2, -0.15) is 0 Å². The van der Waals surface area contributed by atoms with Crippen molar-refractivity contribution in [3.05, 3.63) is 210 Å². The average molecular weight is 698 g/mol. The zero-order valence-corrected chi connectivity index (χ0v) is 29.8. The summed E-state index contributed by atoms with van der Waals surface area (Å²) in [6, 6.07) is 69.4. The van der Waals surface area contributed by atoms with Gasteiger partial charge < -0.3 is 8.98 Å². The molecule has 0 amide bonds. The van der Waals surface area contributed by atoms with Crippen molar-refractivity contribution in [2.45, 2.75) is 5.41 Å². The first-order chi connectivity index (χ1) is 27.3. The Kier molecular flexibility index (Phi) is 5.59. The van der Waals surface area contributed by atoms with Crippen LogP contribution in [0.3, 0.4) is 0 Å². The summed E-state index contributed by atoms with van der Waals surface area (Å²) in [6.07, 6.45) is 0. The Balaban J connectivity index is 1.29. The van der Waals surface area contributed by atoms with Crippen molar-refractivity contribution in [1.82, 2.24) is 4.57 Å². The normalized spacial score (nSPS) is 13.6. The molecule has 2 aliphatic carbocycles. The molecule has 2 aromatic heterocycles. The van der Waals surface area contributed by atoms with Gasteiger partial charge in [-0.3, -0.25) is 0 Å². The van der Waals surface area contributed by atoms with Crippen LogP contribution in [0, 0.1) is 0 Å². The smallest absolute Gasteiger partial charge is 0.143 e. The van der Waals surface area contributed by atoms with Crippen molar-refractivity contribution in [2.75, 3.05) is 0 Å². The Hall–Kier alpha value is -7.16. The molecular weight excluding hydrogens is 667 g/mol. The molecule has 0 atom stereocenters. The van der Waals surface area contributed by atoms with E-state index in [0.717, 1.165) is 33.4 Å². The summed E-state index contributed by atoms with van der Waals surface area (Å²) in [7, 11) is 0. The molecule has 2 heteroatoms. The molecule has 0 unspecified atom stereocenters. The van der Waals surface area contributed by atoms with Gasteiger partial charge in [-0.15, -0.1) is 0 Å². The van der Waals surface area contributed by atoms with E-state index in [0.29, 0.717) is 0 Å². The van der Waals surface area contributed by atoms with E-state index >= 15 is 0 Å². The first-order valence-corrected chi connectivity index (χ1v) is 19.1. The molecule has 0 radical (unpaired) electrons. The fourth-order valence-corrected chi connectivity index (χ4v) is 10.5. The Morgan fingerprint density at radius 2 is 1.05 bits per heavy atom. The third-order valence-corrected chi connectivity index (χ3v) is 12.6. The van der Waals surface area contributed by atoms with Crippen molar-refractivity contribution >= 4 is 54.5 Å². The highest BCUT2D eigenvalue weighted by Gasteiger charge is 2.53. The predicted molar refractivity (Wildman–Crippen MR) is 227 cm³/mol. The van der Waals surface area contributed by atoms with Crippen LogP contribution in [0.15, 0.2) is 192 Å². The number of rotatable bonds is 2. The number of fused-ring (bicyclic) bond motifs is 19. The Morgan fingerprint density at radius 1 is 0.400 bits per heavy atom. The van der Waals surface area contributed by atoms with Gasteiger partial charge in [-0.1, -0.05) is 146 Å².